The Hall–Kier alpha value is -2.08. The first-order chi connectivity index (χ1) is 9.69. The number of ether oxygens (including phenoxy) is 1. The predicted octanol–water partition coefficient (Wildman–Crippen LogP) is 0.476. The fraction of sp³-hybridized carbons (Fsp3) is 0.429. The van der Waals surface area contributed by atoms with Crippen molar-refractivity contribution >= 4 is 11.7 Å². The van der Waals surface area contributed by atoms with E-state index < -0.39 is 0 Å². The van der Waals surface area contributed by atoms with Crippen molar-refractivity contribution in [3.63, 3.8) is 0 Å². The maximum atomic E-state index is 11.8. The maximum absolute atomic E-state index is 11.8. The molecule has 0 aliphatic carbocycles. The van der Waals surface area contributed by atoms with Crippen LogP contribution >= 0.6 is 0 Å². The number of amidine groups is 1. The SMILES string of the molecule is NC(=NO)c1ccc(CC(=O)NCC2CCOC2)cc1. The summed E-state index contributed by atoms with van der Waals surface area (Å²) in [5.41, 5.74) is 6.99. The minimum absolute atomic E-state index is 0.00607. The molecule has 1 heterocycles. The highest BCUT2D eigenvalue weighted by molar-refractivity contribution is 5.97. The number of benzene rings is 1. The Labute approximate surface area is 117 Å². The number of nitrogens with two attached hydrogens (primary N) is 1. The molecule has 1 aromatic carbocycles. The number of nitrogens with one attached hydrogen (secondary N) is 1. The normalized spacial score (nSPS) is 19.0. The number of oxime groups is 1. The van der Waals surface area contributed by atoms with Gasteiger partial charge in [0, 0.05) is 24.6 Å². The average molecular weight is 277 g/mol. The molecule has 20 heavy (non-hydrogen) atoms. The van der Waals surface area contributed by atoms with E-state index in [1.165, 1.54) is 0 Å². The van der Waals surface area contributed by atoms with E-state index in [1.807, 2.05) is 0 Å². The second-order valence-corrected chi connectivity index (χ2v) is 4.89. The lowest BCUT2D eigenvalue weighted by Crippen LogP contribution is -2.30. The fourth-order valence-corrected chi connectivity index (χ4v) is 2.10. The van der Waals surface area contributed by atoms with Crippen LogP contribution in [0.15, 0.2) is 29.4 Å². The van der Waals surface area contributed by atoms with Crippen molar-refractivity contribution in [1.29, 1.82) is 0 Å². The second kappa shape index (κ2) is 6.91. The minimum atomic E-state index is -0.00607. The van der Waals surface area contributed by atoms with Gasteiger partial charge in [0.2, 0.25) is 5.91 Å². The summed E-state index contributed by atoms with van der Waals surface area (Å²) >= 11 is 0. The van der Waals surface area contributed by atoms with Crippen molar-refractivity contribution < 1.29 is 14.7 Å². The fourth-order valence-electron chi connectivity index (χ4n) is 2.10. The van der Waals surface area contributed by atoms with Crippen LogP contribution < -0.4 is 11.1 Å². The molecule has 0 aromatic heterocycles. The van der Waals surface area contributed by atoms with Crippen LogP contribution in [0.25, 0.3) is 0 Å². The van der Waals surface area contributed by atoms with Crippen molar-refractivity contribution in [2.45, 2.75) is 12.8 Å². The molecule has 1 saturated heterocycles. The monoisotopic (exact) mass is 277 g/mol. The van der Waals surface area contributed by atoms with Gasteiger partial charge in [-0.2, -0.15) is 0 Å². The first-order valence-corrected chi connectivity index (χ1v) is 6.60. The summed E-state index contributed by atoms with van der Waals surface area (Å²) in [4.78, 5) is 11.8. The van der Waals surface area contributed by atoms with Crippen LogP contribution in [0, 0.1) is 5.92 Å². The number of nitrogens with zero attached hydrogens (tertiary/aromatic N) is 1. The average Bonchev–Trinajstić information content (AvgIpc) is 2.98. The van der Waals surface area contributed by atoms with E-state index in [4.69, 9.17) is 15.7 Å². The molecule has 1 fully saturated rings. The third kappa shape index (κ3) is 3.96. The second-order valence-electron chi connectivity index (χ2n) is 4.89. The Kier molecular flexibility index (Phi) is 4.95. The molecular weight excluding hydrogens is 258 g/mol. The van der Waals surface area contributed by atoms with Crippen molar-refractivity contribution in [1.82, 2.24) is 5.32 Å². The highest BCUT2D eigenvalue weighted by Gasteiger charge is 2.16. The zero-order valence-corrected chi connectivity index (χ0v) is 11.2. The number of rotatable bonds is 5. The Morgan fingerprint density at radius 1 is 1.45 bits per heavy atom. The van der Waals surface area contributed by atoms with E-state index in [9.17, 15) is 4.79 Å². The van der Waals surface area contributed by atoms with Gasteiger partial charge < -0.3 is 21.0 Å². The lowest BCUT2D eigenvalue weighted by Gasteiger charge is -2.09. The molecule has 1 unspecified atom stereocenters. The highest BCUT2D eigenvalue weighted by atomic mass is 16.5. The summed E-state index contributed by atoms with van der Waals surface area (Å²) in [6, 6.07) is 7.04. The molecule has 0 spiro atoms. The predicted molar refractivity (Wildman–Crippen MR) is 74.6 cm³/mol. The van der Waals surface area contributed by atoms with Crippen LogP contribution in [0.3, 0.4) is 0 Å². The van der Waals surface area contributed by atoms with Gasteiger partial charge in [-0.25, -0.2) is 0 Å². The van der Waals surface area contributed by atoms with E-state index in [2.05, 4.69) is 10.5 Å². The molecule has 1 amide bonds. The summed E-state index contributed by atoms with van der Waals surface area (Å²) in [6.07, 6.45) is 1.33. The first kappa shape index (κ1) is 14.3. The summed E-state index contributed by atoms with van der Waals surface area (Å²) in [5.74, 6) is 0.484. The van der Waals surface area contributed by atoms with Gasteiger partial charge in [-0.05, 0) is 12.0 Å². The molecule has 108 valence electrons. The van der Waals surface area contributed by atoms with E-state index in [-0.39, 0.29) is 11.7 Å². The lowest BCUT2D eigenvalue weighted by atomic mass is 10.1. The van der Waals surface area contributed by atoms with Crippen molar-refractivity contribution in [3.05, 3.63) is 35.4 Å². The van der Waals surface area contributed by atoms with E-state index in [1.54, 1.807) is 24.3 Å². The Bertz CT molecular complexity index is 479. The number of amides is 1. The maximum Gasteiger partial charge on any atom is 0.224 e. The lowest BCUT2D eigenvalue weighted by molar-refractivity contribution is -0.120. The molecular formula is C14H19N3O3. The van der Waals surface area contributed by atoms with Crippen molar-refractivity contribution in [2.24, 2.45) is 16.8 Å². The summed E-state index contributed by atoms with van der Waals surface area (Å²) in [5, 5.41) is 14.4. The van der Waals surface area contributed by atoms with Crippen LogP contribution in [0.4, 0.5) is 0 Å². The number of carbonyl (C=O) groups is 1. The summed E-state index contributed by atoms with van der Waals surface area (Å²) in [6.45, 7) is 2.19. The van der Waals surface area contributed by atoms with Gasteiger partial charge in [-0.15, -0.1) is 0 Å². The van der Waals surface area contributed by atoms with E-state index >= 15 is 0 Å². The molecule has 1 aromatic rings. The Morgan fingerprint density at radius 3 is 2.80 bits per heavy atom. The molecule has 0 saturated carbocycles. The third-order valence-electron chi connectivity index (χ3n) is 3.33. The van der Waals surface area contributed by atoms with Gasteiger partial charge in [0.15, 0.2) is 5.84 Å². The van der Waals surface area contributed by atoms with Gasteiger partial charge >= 0.3 is 0 Å². The van der Waals surface area contributed by atoms with Gasteiger partial charge in [-0.1, -0.05) is 29.4 Å². The quantitative estimate of drug-likeness (QED) is 0.315. The molecule has 1 aliphatic rings. The van der Waals surface area contributed by atoms with Gasteiger partial charge in [0.05, 0.1) is 13.0 Å². The largest absolute Gasteiger partial charge is 0.409 e. The van der Waals surface area contributed by atoms with Crippen LogP contribution in [0.5, 0.6) is 0 Å². The zero-order chi connectivity index (χ0) is 14.4. The number of hydrogen-bond acceptors (Lipinski definition) is 4. The van der Waals surface area contributed by atoms with Crippen LogP contribution in [-0.4, -0.2) is 36.7 Å². The van der Waals surface area contributed by atoms with E-state index in [0.717, 1.165) is 25.2 Å². The Morgan fingerprint density at radius 2 is 2.20 bits per heavy atom. The standard InChI is InChI=1S/C14H19N3O3/c15-14(17-19)12-3-1-10(2-4-12)7-13(18)16-8-11-5-6-20-9-11/h1-4,11,19H,5-9H2,(H2,15,17)(H,16,18). The van der Waals surface area contributed by atoms with Gasteiger partial charge in [0.25, 0.3) is 0 Å². The van der Waals surface area contributed by atoms with Crippen LogP contribution in [0.1, 0.15) is 17.5 Å². The van der Waals surface area contributed by atoms with Crippen molar-refractivity contribution in [3.8, 4) is 0 Å². The highest BCUT2D eigenvalue weighted by Crippen LogP contribution is 2.11. The van der Waals surface area contributed by atoms with Gasteiger partial charge in [-0.3, -0.25) is 4.79 Å². The topological polar surface area (TPSA) is 96.9 Å². The van der Waals surface area contributed by atoms with E-state index in [0.29, 0.717) is 24.4 Å². The van der Waals surface area contributed by atoms with Crippen LogP contribution in [0.2, 0.25) is 0 Å². The minimum Gasteiger partial charge on any atom is -0.409 e. The van der Waals surface area contributed by atoms with Crippen LogP contribution in [-0.2, 0) is 16.0 Å². The molecule has 0 radical (unpaired) electrons. The zero-order valence-electron chi connectivity index (χ0n) is 11.2. The molecule has 6 nitrogen and oxygen atoms in total. The smallest absolute Gasteiger partial charge is 0.224 e. The Balaban J connectivity index is 1.81. The molecule has 6 heteroatoms. The molecule has 1 aliphatic heterocycles. The molecule has 2 rings (SSSR count). The summed E-state index contributed by atoms with van der Waals surface area (Å²) < 4.78 is 5.26. The molecule has 1 atom stereocenters. The van der Waals surface area contributed by atoms with Crippen molar-refractivity contribution in [2.75, 3.05) is 19.8 Å². The number of carbonyl (C=O) groups excluding carboxylic acids is 1. The van der Waals surface area contributed by atoms with Gasteiger partial charge in [0.1, 0.15) is 0 Å². The third-order valence-corrected chi connectivity index (χ3v) is 3.33. The number of hydrogen-bond donors (Lipinski definition) is 3. The first-order valence-electron chi connectivity index (χ1n) is 6.60. The molecule has 4 N–H and O–H groups in total. The summed E-state index contributed by atoms with van der Waals surface area (Å²) in [7, 11) is 0. The molecule has 0 bridgehead atoms.